The molecule has 0 fully saturated rings. The van der Waals surface area contributed by atoms with E-state index >= 15 is 0 Å². The minimum Gasteiger partial charge on any atom is -0.394 e. The average Bonchev–Trinajstić information content (AvgIpc) is 2.62. The van der Waals surface area contributed by atoms with Crippen molar-refractivity contribution in [3.63, 3.8) is 0 Å². The second kappa shape index (κ2) is 13.2. The topological polar surface area (TPSA) is 216 Å². The second-order valence-corrected chi connectivity index (χ2v) is 4.67. The Labute approximate surface area is 135 Å². The van der Waals surface area contributed by atoms with Crippen LogP contribution in [0.5, 0.6) is 0 Å². The molecule has 0 aliphatic heterocycles. The molecule has 8 atom stereocenters. The van der Waals surface area contributed by atoms with Crippen LogP contribution in [-0.4, -0.2) is 121 Å². The fraction of sp³-hybridized carbons (Fsp3) is 0.833. The number of hydrogen-bond donors (Lipinski definition) is 9. The number of aliphatic hydroxyl groups is 9. The van der Waals surface area contributed by atoms with Crippen LogP contribution >= 0.6 is 0 Å². The lowest BCUT2D eigenvalue weighted by Crippen LogP contribution is -2.46. The number of hydrogen-bond acceptors (Lipinski definition) is 11. The number of aldehydes is 2. The first-order valence-corrected chi connectivity index (χ1v) is 6.61. The number of carbonyl (C=O) groups is 2. The van der Waals surface area contributed by atoms with E-state index in [1.807, 2.05) is 0 Å². The van der Waals surface area contributed by atoms with Gasteiger partial charge in [-0.15, -0.1) is 0 Å². The summed E-state index contributed by atoms with van der Waals surface area (Å²) < 4.78 is 12.6. The average molecular weight is 362 g/mol. The number of rotatable bonds is 10. The van der Waals surface area contributed by atoms with Crippen LogP contribution in [0.15, 0.2) is 0 Å². The Morgan fingerprint density at radius 2 is 1.04 bits per heavy atom. The van der Waals surface area contributed by atoms with E-state index in [-0.39, 0.29) is 12.6 Å². The van der Waals surface area contributed by atoms with Crippen LogP contribution in [-0.2, 0) is 9.59 Å². The zero-order valence-electron chi connectivity index (χ0n) is 12.4. The monoisotopic (exact) mass is 362 g/mol. The Bertz CT molecular complexity index is 313. The summed E-state index contributed by atoms with van der Waals surface area (Å²) in [6.07, 6.45) is -14.8. The lowest BCUT2D eigenvalue weighted by Gasteiger charge is -2.22. The Kier molecular flexibility index (Phi) is 13.9. The molecular weight excluding hydrogens is 339 g/mol. The van der Waals surface area contributed by atoms with Gasteiger partial charge >= 0.3 is 0 Å². The summed E-state index contributed by atoms with van der Waals surface area (Å²) in [4.78, 5) is 19.7. The van der Waals surface area contributed by atoms with Gasteiger partial charge in [-0.05, 0) is 0 Å². The highest BCUT2D eigenvalue weighted by molar-refractivity contribution is 5.57. The van der Waals surface area contributed by atoms with Gasteiger partial charge in [0.2, 0.25) is 0 Å². The van der Waals surface area contributed by atoms with Gasteiger partial charge in [0, 0.05) is 0 Å². The van der Waals surface area contributed by atoms with Crippen LogP contribution in [0.1, 0.15) is 0 Å². The summed E-state index contributed by atoms with van der Waals surface area (Å²) in [5.41, 5.74) is 0. The molecule has 0 aromatic rings. The molecule has 0 bridgehead atoms. The molecule has 0 aromatic heterocycles. The van der Waals surface area contributed by atoms with E-state index in [4.69, 9.17) is 46.0 Å². The van der Waals surface area contributed by atoms with Gasteiger partial charge < -0.3 is 55.5 Å². The highest BCUT2D eigenvalue weighted by atomic mass is 19.1. The van der Waals surface area contributed by atoms with Gasteiger partial charge in [-0.3, -0.25) is 0 Å². The first-order valence-electron chi connectivity index (χ1n) is 6.61. The van der Waals surface area contributed by atoms with Crippen LogP contribution in [0.3, 0.4) is 0 Å². The van der Waals surface area contributed by atoms with Gasteiger partial charge in [-0.25, -0.2) is 4.39 Å². The fourth-order valence-electron chi connectivity index (χ4n) is 1.22. The van der Waals surface area contributed by atoms with Crippen LogP contribution in [0, 0.1) is 0 Å². The lowest BCUT2D eigenvalue weighted by atomic mass is 10.0. The van der Waals surface area contributed by atoms with E-state index in [1.54, 1.807) is 0 Å². The molecule has 0 saturated heterocycles. The molecular formula is C12H23FO11. The van der Waals surface area contributed by atoms with Crippen molar-refractivity contribution in [3.05, 3.63) is 0 Å². The van der Waals surface area contributed by atoms with Crippen molar-refractivity contribution < 1.29 is 59.9 Å². The second-order valence-electron chi connectivity index (χ2n) is 4.67. The Balaban J connectivity index is 0. The quantitative estimate of drug-likeness (QED) is 0.167. The fourth-order valence-corrected chi connectivity index (χ4v) is 1.22. The molecule has 144 valence electrons. The van der Waals surface area contributed by atoms with E-state index in [2.05, 4.69) is 0 Å². The molecule has 0 spiro atoms. The zero-order chi connectivity index (χ0) is 19.4. The summed E-state index contributed by atoms with van der Waals surface area (Å²) in [5.74, 6) is 0. The molecule has 0 radical (unpaired) electrons. The summed E-state index contributed by atoms with van der Waals surface area (Å²) in [5, 5.41) is 77.8. The smallest absolute Gasteiger partial charge is 0.157 e. The van der Waals surface area contributed by atoms with Crippen molar-refractivity contribution in [2.24, 2.45) is 0 Å². The maximum absolute atomic E-state index is 12.6. The van der Waals surface area contributed by atoms with Gasteiger partial charge in [0.1, 0.15) is 42.7 Å². The molecule has 0 aliphatic rings. The van der Waals surface area contributed by atoms with E-state index in [1.165, 1.54) is 0 Å². The third kappa shape index (κ3) is 8.68. The molecule has 0 unspecified atom stereocenters. The van der Waals surface area contributed by atoms with Gasteiger partial charge in [-0.1, -0.05) is 0 Å². The van der Waals surface area contributed by atoms with Crippen molar-refractivity contribution in [1.29, 1.82) is 0 Å². The SMILES string of the molecule is O=C[C@H](O)[C@@H](O)[C@H](F)[C@H](O)CO.O=C[C@H](O)[C@H](O)[C@@H](O)[C@H](O)CO. The highest BCUT2D eigenvalue weighted by Gasteiger charge is 2.31. The van der Waals surface area contributed by atoms with Gasteiger partial charge in [0.05, 0.1) is 13.2 Å². The predicted molar refractivity (Wildman–Crippen MR) is 73.2 cm³/mol. The van der Waals surface area contributed by atoms with Crippen molar-refractivity contribution >= 4 is 12.6 Å². The van der Waals surface area contributed by atoms with Crippen molar-refractivity contribution in [2.45, 2.75) is 48.9 Å². The molecule has 12 heteroatoms. The molecule has 0 amide bonds. The summed E-state index contributed by atoms with van der Waals surface area (Å²) in [6, 6.07) is 0. The maximum atomic E-state index is 12.6. The molecule has 0 heterocycles. The van der Waals surface area contributed by atoms with Crippen molar-refractivity contribution in [2.75, 3.05) is 13.2 Å². The number of carbonyl (C=O) groups excluding carboxylic acids is 2. The predicted octanol–water partition coefficient (Wildman–Crippen LogP) is -5.78. The molecule has 9 N–H and O–H groups in total. The Morgan fingerprint density at radius 1 is 0.667 bits per heavy atom. The molecule has 24 heavy (non-hydrogen) atoms. The molecule has 0 saturated carbocycles. The first kappa shape index (κ1) is 25.2. The molecule has 0 aliphatic carbocycles. The van der Waals surface area contributed by atoms with E-state index in [9.17, 15) is 14.0 Å². The summed E-state index contributed by atoms with van der Waals surface area (Å²) >= 11 is 0. The Hall–Kier alpha value is -1.09. The van der Waals surface area contributed by atoms with E-state index < -0.39 is 62.1 Å². The lowest BCUT2D eigenvalue weighted by molar-refractivity contribution is -0.136. The van der Waals surface area contributed by atoms with Gasteiger partial charge in [-0.2, -0.15) is 0 Å². The van der Waals surface area contributed by atoms with Crippen LogP contribution in [0.2, 0.25) is 0 Å². The minimum absolute atomic E-state index is 0.0258. The number of aliphatic hydroxyl groups excluding tert-OH is 9. The highest BCUT2D eigenvalue weighted by Crippen LogP contribution is 2.07. The normalized spacial score (nSPS) is 21.1. The maximum Gasteiger partial charge on any atom is 0.157 e. The standard InChI is InChI=1S/C6H11FO5.C6H12O6/c7-5(3(10)1-8)6(12)4(11)2-9;7-1-3(9)5(11)6(12)4(10)2-8/h2-6,8,10-12H,1H2;1,3-6,8-12H,2H2/t2*3-,4+,5-,6-/m10/s1. The van der Waals surface area contributed by atoms with Crippen molar-refractivity contribution in [1.82, 2.24) is 0 Å². The third-order valence-electron chi connectivity index (χ3n) is 2.79. The zero-order valence-corrected chi connectivity index (χ0v) is 12.4. The van der Waals surface area contributed by atoms with Crippen LogP contribution in [0.4, 0.5) is 4.39 Å². The van der Waals surface area contributed by atoms with Crippen molar-refractivity contribution in [3.8, 4) is 0 Å². The Morgan fingerprint density at radius 3 is 1.38 bits per heavy atom. The molecule has 0 aromatic carbocycles. The molecule has 11 nitrogen and oxygen atoms in total. The molecule has 0 rings (SSSR count). The van der Waals surface area contributed by atoms with Crippen LogP contribution in [0.25, 0.3) is 0 Å². The number of halogens is 1. The van der Waals surface area contributed by atoms with E-state index in [0.29, 0.717) is 0 Å². The third-order valence-corrected chi connectivity index (χ3v) is 2.79. The van der Waals surface area contributed by atoms with Gasteiger partial charge in [0.15, 0.2) is 18.7 Å². The minimum atomic E-state index is -2.24. The summed E-state index contributed by atoms with van der Waals surface area (Å²) in [7, 11) is 0. The van der Waals surface area contributed by atoms with Crippen LogP contribution < -0.4 is 0 Å². The summed E-state index contributed by atoms with van der Waals surface area (Å²) in [6.45, 7) is -1.65. The largest absolute Gasteiger partial charge is 0.394 e. The van der Waals surface area contributed by atoms with Gasteiger partial charge in [0.25, 0.3) is 0 Å². The number of alkyl halides is 1. The van der Waals surface area contributed by atoms with E-state index in [0.717, 1.165) is 0 Å². The first-order chi connectivity index (χ1) is 11.1.